The van der Waals surface area contributed by atoms with Crippen molar-refractivity contribution in [3.05, 3.63) is 95.9 Å². The van der Waals surface area contributed by atoms with E-state index in [2.05, 4.69) is 5.10 Å². The maximum absolute atomic E-state index is 13.4. The largest absolute Gasteiger partial charge is 0.465 e. The molecule has 0 atom stereocenters. The van der Waals surface area contributed by atoms with E-state index >= 15 is 0 Å². The summed E-state index contributed by atoms with van der Waals surface area (Å²) >= 11 is 0. The molecule has 1 aromatic heterocycles. The topological polar surface area (TPSA) is 79.7 Å². The van der Waals surface area contributed by atoms with Gasteiger partial charge in [0.05, 0.1) is 19.9 Å². The zero-order valence-electron chi connectivity index (χ0n) is 17.8. The zero-order valence-corrected chi connectivity index (χ0v) is 17.8. The maximum atomic E-state index is 13.4. The first kappa shape index (κ1) is 21.8. The first-order valence-corrected chi connectivity index (χ1v) is 9.90. The second kappa shape index (κ2) is 9.35. The minimum absolute atomic E-state index is 0.0213. The molecule has 0 saturated carbocycles. The number of aromatic nitrogens is 2. The number of nitrogens with zero attached hydrogens (tertiary/aromatic N) is 2. The summed E-state index contributed by atoms with van der Waals surface area (Å²) in [6, 6.07) is 21.3. The number of hydrogen-bond acceptors (Lipinski definition) is 6. The average molecular weight is 446 g/mol. The Morgan fingerprint density at radius 1 is 0.818 bits per heavy atom. The van der Waals surface area contributed by atoms with E-state index in [9.17, 15) is 14.0 Å². The van der Waals surface area contributed by atoms with Crippen LogP contribution >= 0.6 is 0 Å². The number of carbonyl (C=O) groups excluding carboxylic acids is 2. The summed E-state index contributed by atoms with van der Waals surface area (Å²) in [5.74, 6) is -1.07. The summed E-state index contributed by atoms with van der Waals surface area (Å²) in [6.45, 7) is 0. The molecule has 0 aliphatic rings. The number of esters is 2. The van der Waals surface area contributed by atoms with Gasteiger partial charge in [0.25, 0.3) is 0 Å². The Bertz CT molecular complexity index is 1300. The Morgan fingerprint density at radius 2 is 1.52 bits per heavy atom. The van der Waals surface area contributed by atoms with Gasteiger partial charge >= 0.3 is 11.9 Å². The van der Waals surface area contributed by atoms with Crippen LogP contribution in [0.4, 0.5) is 4.39 Å². The fraction of sp³-hybridized carbons (Fsp3) is 0.0800. The molecule has 33 heavy (non-hydrogen) atoms. The van der Waals surface area contributed by atoms with E-state index < -0.39 is 17.8 Å². The molecule has 1 heterocycles. The molecule has 0 amide bonds. The highest BCUT2D eigenvalue weighted by Crippen LogP contribution is 2.31. The molecule has 166 valence electrons. The van der Waals surface area contributed by atoms with Crippen LogP contribution in [0.15, 0.2) is 78.9 Å². The first-order valence-electron chi connectivity index (χ1n) is 9.90. The molecular weight excluding hydrogens is 427 g/mol. The average Bonchev–Trinajstić information content (AvgIpc) is 3.25. The number of ether oxygens (including phenoxy) is 3. The number of halogens is 1. The van der Waals surface area contributed by atoms with Gasteiger partial charge in [-0.25, -0.2) is 18.7 Å². The normalized spacial score (nSPS) is 10.5. The predicted molar refractivity (Wildman–Crippen MR) is 118 cm³/mol. The van der Waals surface area contributed by atoms with Crippen LogP contribution in [0.1, 0.15) is 20.8 Å². The standard InChI is InChI=1S/C25H19FN2O5/c1-31-24(29)21-22(27-28(23(21)25(30)32-2)18-8-4-3-5-9-18)16-11-13-19(14-12-16)33-20-10-6-7-17(26)15-20/h3-15H,1-2H3. The summed E-state index contributed by atoms with van der Waals surface area (Å²) in [7, 11) is 2.45. The van der Waals surface area contributed by atoms with Crippen molar-refractivity contribution in [1.29, 1.82) is 0 Å². The molecular formula is C25H19FN2O5. The lowest BCUT2D eigenvalue weighted by molar-refractivity contribution is 0.0549. The molecule has 8 heteroatoms. The molecule has 0 N–H and O–H groups in total. The van der Waals surface area contributed by atoms with Crippen molar-refractivity contribution in [3.8, 4) is 28.4 Å². The van der Waals surface area contributed by atoms with Crippen molar-refractivity contribution < 1.29 is 28.2 Å². The summed E-state index contributed by atoms with van der Waals surface area (Å²) in [6.07, 6.45) is 0. The summed E-state index contributed by atoms with van der Waals surface area (Å²) < 4.78 is 30.3. The van der Waals surface area contributed by atoms with E-state index in [0.29, 0.717) is 22.7 Å². The zero-order chi connectivity index (χ0) is 23.4. The third-order valence-corrected chi connectivity index (χ3v) is 4.81. The molecule has 4 rings (SSSR count). The van der Waals surface area contributed by atoms with Crippen LogP contribution in [0, 0.1) is 5.82 Å². The van der Waals surface area contributed by atoms with Gasteiger partial charge in [-0.3, -0.25) is 0 Å². The molecule has 0 aliphatic carbocycles. The van der Waals surface area contributed by atoms with Gasteiger partial charge in [-0.05, 0) is 48.5 Å². The van der Waals surface area contributed by atoms with E-state index in [1.807, 2.05) is 6.07 Å². The summed E-state index contributed by atoms with van der Waals surface area (Å²) in [4.78, 5) is 25.3. The number of methoxy groups -OCH3 is 2. The Balaban J connectivity index is 1.80. The fourth-order valence-corrected chi connectivity index (χ4v) is 3.30. The number of carbonyl (C=O) groups is 2. The smallest absolute Gasteiger partial charge is 0.357 e. The van der Waals surface area contributed by atoms with E-state index in [4.69, 9.17) is 14.2 Å². The minimum atomic E-state index is -0.732. The lowest BCUT2D eigenvalue weighted by Crippen LogP contribution is -2.15. The lowest BCUT2D eigenvalue weighted by Gasteiger charge is -2.07. The number of hydrogen-bond donors (Lipinski definition) is 0. The first-order chi connectivity index (χ1) is 16.0. The maximum Gasteiger partial charge on any atom is 0.357 e. The van der Waals surface area contributed by atoms with E-state index in [0.717, 1.165) is 0 Å². The molecule has 0 spiro atoms. The van der Waals surface area contributed by atoms with Crippen LogP contribution in [0.3, 0.4) is 0 Å². The van der Waals surface area contributed by atoms with Gasteiger partial charge < -0.3 is 14.2 Å². The lowest BCUT2D eigenvalue weighted by atomic mass is 10.1. The quantitative estimate of drug-likeness (QED) is 0.386. The minimum Gasteiger partial charge on any atom is -0.465 e. The second-order valence-corrected chi connectivity index (χ2v) is 6.89. The van der Waals surface area contributed by atoms with E-state index in [-0.39, 0.29) is 17.0 Å². The SMILES string of the molecule is COC(=O)c1c(-c2ccc(Oc3cccc(F)c3)cc2)nn(-c2ccccc2)c1C(=O)OC. The van der Waals surface area contributed by atoms with Gasteiger partial charge in [0, 0.05) is 11.6 Å². The predicted octanol–water partition coefficient (Wildman–Crippen LogP) is 5.04. The van der Waals surface area contributed by atoms with Crippen molar-refractivity contribution in [3.63, 3.8) is 0 Å². The Labute approximate surface area is 188 Å². The Hall–Kier alpha value is -4.46. The third kappa shape index (κ3) is 4.45. The highest BCUT2D eigenvalue weighted by atomic mass is 19.1. The van der Waals surface area contributed by atoms with Gasteiger partial charge in [-0.1, -0.05) is 24.3 Å². The van der Waals surface area contributed by atoms with Crippen molar-refractivity contribution in [2.24, 2.45) is 0 Å². The number of para-hydroxylation sites is 1. The van der Waals surface area contributed by atoms with Crippen LogP contribution in [0.5, 0.6) is 11.5 Å². The van der Waals surface area contributed by atoms with Crippen LogP contribution in [0.25, 0.3) is 16.9 Å². The van der Waals surface area contributed by atoms with Gasteiger partial charge in [0.2, 0.25) is 0 Å². The van der Waals surface area contributed by atoms with Crippen molar-refractivity contribution in [2.75, 3.05) is 14.2 Å². The van der Waals surface area contributed by atoms with Crippen LogP contribution in [-0.2, 0) is 9.47 Å². The molecule has 3 aromatic carbocycles. The Kier molecular flexibility index (Phi) is 6.17. The summed E-state index contributed by atoms with van der Waals surface area (Å²) in [5, 5.41) is 4.54. The molecule has 0 radical (unpaired) electrons. The van der Waals surface area contributed by atoms with Gasteiger partial charge in [-0.2, -0.15) is 5.10 Å². The fourth-order valence-electron chi connectivity index (χ4n) is 3.30. The molecule has 0 unspecified atom stereocenters. The monoisotopic (exact) mass is 446 g/mol. The van der Waals surface area contributed by atoms with E-state index in [1.54, 1.807) is 60.7 Å². The van der Waals surface area contributed by atoms with Crippen LogP contribution < -0.4 is 4.74 Å². The highest BCUT2D eigenvalue weighted by molar-refractivity contribution is 6.06. The molecule has 0 saturated heterocycles. The van der Waals surface area contributed by atoms with Crippen molar-refractivity contribution in [1.82, 2.24) is 9.78 Å². The number of rotatable bonds is 6. The second-order valence-electron chi connectivity index (χ2n) is 6.89. The van der Waals surface area contributed by atoms with Crippen LogP contribution in [-0.4, -0.2) is 35.9 Å². The molecule has 7 nitrogen and oxygen atoms in total. The van der Waals surface area contributed by atoms with Gasteiger partial charge in [-0.15, -0.1) is 0 Å². The Morgan fingerprint density at radius 3 is 2.15 bits per heavy atom. The van der Waals surface area contributed by atoms with Crippen molar-refractivity contribution in [2.45, 2.75) is 0 Å². The molecule has 0 aliphatic heterocycles. The number of benzene rings is 3. The van der Waals surface area contributed by atoms with Crippen LogP contribution in [0.2, 0.25) is 0 Å². The van der Waals surface area contributed by atoms with Crippen molar-refractivity contribution >= 4 is 11.9 Å². The van der Waals surface area contributed by atoms with E-state index in [1.165, 1.54) is 31.0 Å². The third-order valence-electron chi connectivity index (χ3n) is 4.81. The van der Waals surface area contributed by atoms with Gasteiger partial charge in [0.1, 0.15) is 28.6 Å². The molecule has 0 fully saturated rings. The summed E-state index contributed by atoms with van der Waals surface area (Å²) in [5.41, 5.74) is 1.28. The molecule has 4 aromatic rings. The molecule has 0 bridgehead atoms. The van der Waals surface area contributed by atoms with Gasteiger partial charge in [0.15, 0.2) is 5.69 Å². The highest BCUT2D eigenvalue weighted by Gasteiger charge is 2.31.